The van der Waals surface area contributed by atoms with E-state index in [1.807, 2.05) is 24.8 Å². The number of carbonyl (C=O) groups excluding carboxylic acids is 1. The Morgan fingerprint density at radius 1 is 1.21 bits per heavy atom. The van der Waals surface area contributed by atoms with Crippen molar-refractivity contribution in [2.24, 2.45) is 5.92 Å². The van der Waals surface area contributed by atoms with Crippen molar-refractivity contribution in [3.05, 3.63) is 30.1 Å². The molecule has 2 aliphatic heterocycles. The van der Waals surface area contributed by atoms with Gasteiger partial charge in [-0.1, -0.05) is 26.0 Å². The second kappa shape index (κ2) is 8.78. The summed E-state index contributed by atoms with van der Waals surface area (Å²) >= 11 is 0. The Morgan fingerprint density at radius 2 is 1.89 bits per heavy atom. The van der Waals surface area contributed by atoms with Crippen LogP contribution < -0.4 is 4.90 Å². The molecule has 0 bridgehead atoms. The summed E-state index contributed by atoms with van der Waals surface area (Å²) in [4.78, 5) is 18.8. The molecule has 2 aliphatic rings. The number of benzene rings is 1. The minimum absolute atomic E-state index is 0.00450. The molecule has 28 heavy (non-hydrogen) atoms. The third-order valence-electron chi connectivity index (χ3n) is 5.46. The molecule has 0 aromatic heterocycles. The minimum Gasteiger partial charge on any atom is -0.367 e. The molecule has 1 amide bonds. The number of amides is 1. The van der Waals surface area contributed by atoms with Crippen molar-refractivity contribution >= 4 is 21.4 Å². The van der Waals surface area contributed by atoms with Crippen LogP contribution in [0.4, 0.5) is 10.1 Å². The van der Waals surface area contributed by atoms with Gasteiger partial charge in [0.1, 0.15) is 5.82 Å². The van der Waals surface area contributed by atoms with E-state index >= 15 is 0 Å². The Kier molecular flexibility index (Phi) is 6.60. The lowest BCUT2D eigenvalue weighted by Crippen LogP contribution is -2.52. The molecular formula is C20H30FN3O3S. The average Bonchev–Trinajstić information content (AvgIpc) is 3.00. The van der Waals surface area contributed by atoms with Gasteiger partial charge in [-0.25, -0.2) is 12.8 Å². The molecule has 0 radical (unpaired) electrons. The largest absolute Gasteiger partial charge is 0.367 e. The number of para-hydroxylation sites is 1. The van der Waals surface area contributed by atoms with Gasteiger partial charge in [-0.15, -0.1) is 0 Å². The van der Waals surface area contributed by atoms with Crippen molar-refractivity contribution in [1.82, 2.24) is 9.80 Å². The molecule has 6 nitrogen and oxygen atoms in total. The lowest BCUT2D eigenvalue weighted by Gasteiger charge is -2.37. The summed E-state index contributed by atoms with van der Waals surface area (Å²) in [7, 11) is -3.03. The lowest BCUT2D eigenvalue weighted by atomic mass is 10.1. The SMILES string of the molecule is CC(C)CN(C(=O)CN1CCN(c2ccccc2F)CC1)C1CCS(=O)(=O)C1. The van der Waals surface area contributed by atoms with Crippen LogP contribution in [0.25, 0.3) is 0 Å². The Balaban J connectivity index is 1.58. The highest BCUT2D eigenvalue weighted by atomic mass is 32.2. The summed E-state index contributed by atoms with van der Waals surface area (Å²) in [5, 5.41) is 0. The van der Waals surface area contributed by atoms with Crippen LogP contribution in [-0.4, -0.2) is 80.9 Å². The quantitative estimate of drug-likeness (QED) is 0.712. The predicted molar refractivity (Wildman–Crippen MR) is 109 cm³/mol. The summed E-state index contributed by atoms with van der Waals surface area (Å²) in [6, 6.07) is 6.54. The molecule has 0 saturated carbocycles. The van der Waals surface area contributed by atoms with Crippen LogP contribution in [0.2, 0.25) is 0 Å². The molecule has 8 heteroatoms. The van der Waals surface area contributed by atoms with Crippen molar-refractivity contribution in [3.63, 3.8) is 0 Å². The number of piperazine rings is 1. The fraction of sp³-hybridized carbons (Fsp3) is 0.650. The Labute approximate surface area is 167 Å². The number of sulfone groups is 1. The van der Waals surface area contributed by atoms with Crippen LogP contribution in [-0.2, 0) is 14.6 Å². The molecule has 1 unspecified atom stereocenters. The van der Waals surface area contributed by atoms with Crippen molar-refractivity contribution < 1.29 is 17.6 Å². The third kappa shape index (κ3) is 5.23. The van der Waals surface area contributed by atoms with E-state index in [1.54, 1.807) is 17.0 Å². The van der Waals surface area contributed by atoms with Gasteiger partial charge in [0.25, 0.3) is 0 Å². The Bertz CT molecular complexity index is 792. The van der Waals surface area contributed by atoms with Crippen LogP contribution in [0, 0.1) is 11.7 Å². The summed E-state index contributed by atoms with van der Waals surface area (Å²) in [5.74, 6) is 0.297. The van der Waals surface area contributed by atoms with E-state index in [2.05, 4.69) is 4.90 Å². The first-order valence-electron chi connectivity index (χ1n) is 9.97. The van der Waals surface area contributed by atoms with Crippen molar-refractivity contribution in [2.75, 3.05) is 55.7 Å². The minimum atomic E-state index is -3.03. The second-order valence-corrected chi connectivity index (χ2v) is 10.4. The van der Waals surface area contributed by atoms with Gasteiger partial charge < -0.3 is 9.80 Å². The third-order valence-corrected chi connectivity index (χ3v) is 7.21. The second-order valence-electron chi connectivity index (χ2n) is 8.21. The molecule has 0 aliphatic carbocycles. The van der Waals surface area contributed by atoms with Crippen molar-refractivity contribution in [1.29, 1.82) is 0 Å². The topological polar surface area (TPSA) is 60.9 Å². The molecular weight excluding hydrogens is 381 g/mol. The van der Waals surface area contributed by atoms with Gasteiger partial charge in [0.2, 0.25) is 5.91 Å². The van der Waals surface area contributed by atoms with Crippen LogP contribution in [0.1, 0.15) is 20.3 Å². The number of hydrogen-bond donors (Lipinski definition) is 0. The zero-order valence-electron chi connectivity index (χ0n) is 16.7. The molecule has 0 spiro atoms. The van der Waals surface area contributed by atoms with E-state index in [-0.39, 0.29) is 41.7 Å². The summed E-state index contributed by atoms with van der Waals surface area (Å²) in [5.41, 5.74) is 0.603. The van der Waals surface area contributed by atoms with Gasteiger partial charge in [-0.05, 0) is 24.5 Å². The first-order chi connectivity index (χ1) is 13.2. The van der Waals surface area contributed by atoms with Crippen LogP contribution in [0.3, 0.4) is 0 Å². The lowest BCUT2D eigenvalue weighted by molar-refractivity contribution is -0.135. The first-order valence-corrected chi connectivity index (χ1v) is 11.8. The zero-order valence-corrected chi connectivity index (χ0v) is 17.5. The number of carbonyl (C=O) groups is 1. The highest BCUT2D eigenvalue weighted by Gasteiger charge is 2.35. The number of anilines is 1. The van der Waals surface area contributed by atoms with Crippen molar-refractivity contribution in [3.8, 4) is 0 Å². The van der Waals surface area contributed by atoms with E-state index < -0.39 is 9.84 Å². The van der Waals surface area contributed by atoms with E-state index in [4.69, 9.17) is 0 Å². The maximum absolute atomic E-state index is 14.0. The van der Waals surface area contributed by atoms with E-state index in [0.717, 1.165) is 0 Å². The molecule has 1 aromatic carbocycles. The zero-order chi connectivity index (χ0) is 20.3. The van der Waals surface area contributed by atoms with Gasteiger partial charge in [-0.2, -0.15) is 0 Å². The molecule has 2 fully saturated rings. The summed E-state index contributed by atoms with van der Waals surface area (Å²) in [6.45, 7) is 7.62. The van der Waals surface area contributed by atoms with E-state index in [0.29, 0.717) is 44.8 Å². The molecule has 2 heterocycles. The predicted octanol–water partition coefficient (Wildman–Crippen LogP) is 1.62. The van der Waals surface area contributed by atoms with Crippen LogP contribution >= 0.6 is 0 Å². The normalized spacial score (nSPS) is 22.6. The van der Waals surface area contributed by atoms with Crippen molar-refractivity contribution in [2.45, 2.75) is 26.3 Å². The standard InChI is InChI=1S/C20H30FN3O3S/c1-16(2)13-24(17-7-12-28(26,27)15-17)20(25)14-22-8-10-23(11-9-22)19-6-4-3-5-18(19)21/h3-6,16-17H,7-15H2,1-2H3. The molecule has 2 saturated heterocycles. The van der Waals surface area contributed by atoms with Gasteiger partial charge in [0, 0.05) is 38.8 Å². The average molecular weight is 412 g/mol. The van der Waals surface area contributed by atoms with Gasteiger partial charge in [0.15, 0.2) is 9.84 Å². The van der Waals surface area contributed by atoms with Gasteiger partial charge in [0.05, 0.1) is 23.7 Å². The molecule has 0 N–H and O–H groups in total. The molecule has 1 atom stereocenters. The number of rotatable bonds is 6. The fourth-order valence-corrected chi connectivity index (χ4v) is 5.74. The first kappa shape index (κ1) is 21.0. The molecule has 3 rings (SSSR count). The number of halogens is 1. The Hall–Kier alpha value is -1.67. The highest BCUT2D eigenvalue weighted by molar-refractivity contribution is 7.91. The van der Waals surface area contributed by atoms with Gasteiger partial charge in [-0.3, -0.25) is 9.69 Å². The smallest absolute Gasteiger partial charge is 0.237 e. The van der Waals surface area contributed by atoms with Gasteiger partial charge >= 0.3 is 0 Å². The summed E-state index contributed by atoms with van der Waals surface area (Å²) < 4.78 is 37.7. The fourth-order valence-electron chi connectivity index (χ4n) is 4.01. The number of nitrogens with zero attached hydrogens (tertiary/aromatic N) is 3. The maximum Gasteiger partial charge on any atom is 0.237 e. The molecule has 1 aromatic rings. The highest BCUT2D eigenvalue weighted by Crippen LogP contribution is 2.22. The van der Waals surface area contributed by atoms with Crippen LogP contribution in [0.15, 0.2) is 24.3 Å². The maximum atomic E-state index is 14.0. The number of hydrogen-bond acceptors (Lipinski definition) is 5. The monoisotopic (exact) mass is 411 g/mol. The van der Waals surface area contributed by atoms with E-state index in [1.165, 1.54) is 6.07 Å². The van der Waals surface area contributed by atoms with Crippen LogP contribution in [0.5, 0.6) is 0 Å². The summed E-state index contributed by atoms with van der Waals surface area (Å²) in [6.07, 6.45) is 0.530. The Morgan fingerprint density at radius 3 is 2.46 bits per heavy atom. The molecule has 156 valence electrons. The van der Waals surface area contributed by atoms with E-state index in [9.17, 15) is 17.6 Å².